The van der Waals surface area contributed by atoms with Crippen molar-refractivity contribution in [1.82, 2.24) is 15.1 Å². The molecule has 1 amide bonds. The average molecular weight is 338 g/mol. The molecule has 0 aliphatic rings. The zero-order chi connectivity index (χ0) is 14.9. The van der Waals surface area contributed by atoms with Crippen LogP contribution >= 0.6 is 15.9 Å². The van der Waals surface area contributed by atoms with E-state index in [2.05, 4.69) is 26.3 Å². The van der Waals surface area contributed by atoms with Gasteiger partial charge in [0.25, 0.3) is 5.91 Å². The first-order chi connectivity index (χ1) is 9.40. The minimum absolute atomic E-state index is 0.0367. The van der Waals surface area contributed by atoms with Gasteiger partial charge < -0.3 is 10.4 Å². The molecule has 2 N–H and O–H groups in total. The van der Waals surface area contributed by atoms with Gasteiger partial charge in [-0.05, 0) is 32.0 Å². The van der Waals surface area contributed by atoms with Crippen molar-refractivity contribution in [2.24, 2.45) is 7.05 Å². The Morgan fingerprint density at radius 1 is 1.45 bits per heavy atom. The molecule has 0 aliphatic heterocycles. The molecule has 0 aliphatic carbocycles. The number of aromatic nitrogens is 2. The number of amides is 1. The molecule has 0 fully saturated rings. The van der Waals surface area contributed by atoms with Crippen molar-refractivity contribution in [1.29, 1.82) is 0 Å². The molecule has 0 atom stereocenters. The lowest BCUT2D eigenvalue weighted by molar-refractivity contribution is 0.0948. The molecule has 20 heavy (non-hydrogen) atoms. The predicted molar refractivity (Wildman–Crippen MR) is 79.7 cm³/mol. The van der Waals surface area contributed by atoms with E-state index in [0.29, 0.717) is 6.54 Å². The Bertz CT molecular complexity index is 665. The Morgan fingerprint density at radius 3 is 2.75 bits per heavy atom. The molecule has 5 nitrogen and oxygen atoms in total. The van der Waals surface area contributed by atoms with Gasteiger partial charge in [-0.3, -0.25) is 9.48 Å². The van der Waals surface area contributed by atoms with E-state index in [4.69, 9.17) is 0 Å². The summed E-state index contributed by atoms with van der Waals surface area (Å²) < 4.78 is 2.53. The number of rotatable bonds is 3. The number of hydrogen-bond acceptors (Lipinski definition) is 3. The molecule has 0 spiro atoms. The molecule has 1 heterocycles. The van der Waals surface area contributed by atoms with Gasteiger partial charge in [0.2, 0.25) is 0 Å². The van der Waals surface area contributed by atoms with Crippen molar-refractivity contribution in [2.75, 3.05) is 0 Å². The van der Waals surface area contributed by atoms with Gasteiger partial charge in [0.05, 0.1) is 11.3 Å². The van der Waals surface area contributed by atoms with Crippen molar-refractivity contribution >= 4 is 21.8 Å². The minimum Gasteiger partial charge on any atom is -0.507 e. The van der Waals surface area contributed by atoms with E-state index in [1.165, 1.54) is 6.07 Å². The quantitative estimate of drug-likeness (QED) is 0.903. The zero-order valence-electron chi connectivity index (χ0n) is 11.6. The van der Waals surface area contributed by atoms with Gasteiger partial charge in [-0.2, -0.15) is 5.10 Å². The fourth-order valence-corrected chi connectivity index (χ4v) is 2.39. The highest BCUT2D eigenvalue weighted by Gasteiger charge is 2.14. The van der Waals surface area contributed by atoms with E-state index in [1.54, 1.807) is 16.8 Å². The molecule has 1 aromatic heterocycles. The molecular weight excluding hydrogens is 322 g/mol. The summed E-state index contributed by atoms with van der Waals surface area (Å²) in [6.07, 6.45) is 0. The number of halogens is 1. The van der Waals surface area contributed by atoms with Gasteiger partial charge in [-0.1, -0.05) is 15.9 Å². The largest absolute Gasteiger partial charge is 0.507 e. The highest BCUT2D eigenvalue weighted by Crippen LogP contribution is 2.22. The maximum absolute atomic E-state index is 12.1. The third-order valence-corrected chi connectivity index (χ3v) is 3.78. The van der Waals surface area contributed by atoms with E-state index >= 15 is 0 Å². The van der Waals surface area contributed by atoms with Crippen LogP contribution in [0, 0.1) is 13.8 Å². The number of phenolic OH excluding ortho intramolecular Hbond substituents is 1. The molecule has 1 aromatic carbocycles. The monoisotopic (exact) mass is 337 g/mol. The van der Waals surface area contributed by atoms with E-state index in [9.17, 15) is 9.90 Å². The Morgan fingerprint density at radius 2 is 2.15 bits per heavy atom. The SMILES string of the molecule is Cc1nn(C)c(C)c1CNC(=O)c1cc(Br)ccc1O. The highest BCUT2D eigenvalue weighted by molar-refractivity contribution is 9.10. The molecule has 0 saturated carbocycles. The summed E-state index contributed by atoms with van der Waals surface area (Å²) in [4.78, 5) is 12.1. The van der Waals surface area contributed by atoms with Crippen LogP contribution in [0.2, 0.25) is 0 Å². The van der Waals surface area contributed by atoms with E-state index in [1.807, 2.05) is 20.9 Å². The topological polar surface area (TPSA) is 67.2 Å². The van der Waals surface area contributed by atoms with E-state index in [-0.39, 0.29) is 17.2 Å². The number of phenols is 1. The normalized spacial score (nSPS) is 10.6. The van der Waals surface area contributed by atoms with Gasteiger partial charge >= 0.3 is 0 Å². The first kappa shape index (κ1) is 14.6. The van der Waals surface area contributed by atoms with Gasteiger partial charge in [0, 0.05) is 29.3 Å². The first-order valence-electron chi connectivity index (χ1n) is 6.16. The van der Waals surface area contributed by atoms with Crippen LogP contribution < -0.4 is 5.32 Å². The molecular formula is C14H16BrN3O2. The molecule has 0 unspecified atom stereocenters. The predicted octanol–water partition coefficient (Wildman–Crippen LogP) is 2.44. The van der Waals surface area contributed by atoms with Crippen molar-refractivity contribution in [2.45, 2.75) is 20.4 Å². The number of aromatic hydroxyl groups is 1. The summed E-state index contributed by atoms with van der Waals surface area (Å²) in [5, 5.41) is 16.8. The van der Waals surface area contributed by atoms with E-state index in [0.717, 1.165) is 21.4 Å². The second kappa shape index (κ2) is 5.66. The van der Waals surface area contributed by atoms with Gasteiger partial charge in [0.15, 0.2) is 0 Å². The van der Waals surface area contributed by atoms with Crippen LogP contribution in [0.1, 0.15) is 27.3 Å². The molecule has 2 aromatic rings. The Kier molecular flexibility index (Phi) is 4.13. The summed E-state index contributed by atoms with van der Waals surface area (Å²) in [5.74, 6) is -0.350. The van der Waals surface area contributed by atoms with E-state index < -0.39 is 0 Å². The standard InChI is InChI=1S/C14H16BrN3O2/c1-8-12(9(2)18(3)17-8)7-16-14(20)11-6-10(15)4-5-13(11)19/h4-6,19H,7H2,1-3H3,(H,16,20). The lowest BCUT2D eigenvalue weighted by Gasteiger charge is -2.08. The van der Waals surface area contributed by atoms with Gasteiger partial charge in [0.1, 0.15) is 5.75 Å². The molecule has 0 radical (unpaired) electrons. The lowest BCUT2D eigenvalue weighted by atomic mass is 10.1. The van der Waals surface area contributed by atoms with Crippen LogP contribution in [-0.4, -0.2) is 20.8 Å². The zero-order valence-corrected chi connectivity index (χ0v) is 13.2. The Hall–Kier alpha value is -1.82. The second-order valence-corrected chi connectivity index (χ2v) is 5.53. The van der Waals surface area contributed by atoms with Crippen molar-refractivity contribution in [3.8, 4) is 5.75 Å². The highest BCUT2D eigenvalue weighted by atomic mass is 79.9. The summed E-state index contributed by atoms with van der Waals surface area (Å²) in [5.41, 5.74) is 3.15. The third-order valence-electron chi connectivity index (χ3n) is 3.29. The number of nitrogens with one attached hydrogen (secondary N) is 1. The maximum Gasteiger partial charge on any atom is 0.255 e. The number of benzene rings is 1. The van der Waals surface area contributed by atoms with Crippen LogP contribution in [0.4, 0.5) is 0 Å². The van der Waals surface area contributed by atoms with Crippen LogP contribution in [0.25, 0.3) is 0 Å². The number of nitrogens with zero attached hydrogens (tertiary/aromatic N) is 2. The summed E-state index contributed by atoms with van der Waals surface area (Å²) >= 11 is 3.28. The van der Waals surface area contributed by atoms with Crippen molar-refractivity contribution < 1.29 is 9.90 Å². The Labute approximate surface area is 125 Å². The molecule has 0 bridgehead atoms. The Balaban J connectivity index is 2.15. The van der Waals surface area contributed by atoms with Crippen LogP contribution in [0.15, 0.2) is 22.7 Å². The lowest BCUT2D eigenvalue weighted by Crippen LogP contribution is -2.23. The fourth-order valence-electron chi connectivity index (χ4n) is 2.03. The van der Waals surface area contributed by atoms with Crippen LogP contribution in [-0.2, 0) is 13.6 Å². The van der Waals surface area contributed by atoms with Gasteiger partial charge in [-0.15, -0.1) is 0 Å². The number of carbonyl (C=O) groups is 1. The molecule has 2 rings (SSSR count). The number of aryl methyl sites for hydroxylation is 2. The minimum atomic E-state index is -0.313. The second-order valence-electron chi connectivity index (χ2n) is 4.62. The van der Waals surface area contributed by atoms with Gasteiger partial charge in [-0.25, -0.2) is 0 Å². The summed E-state index contributed by atoms with van der Waals surface area (Å²) in [7, 11) is 1.87. The molecule has 6 heteroatoms. The fraction of sp³-hybridized carbons (Fsp3) is 0.286. The molecule has 0 saturated heterocycles. The summed E-state index contributed by atoms with van der Waals surface area (Å²) in [6.45, 7) is 4.25. The summed E-state index contributed by atoms with van der Waals surface area (Å²) in [6, 6.07) is 4.76. The number of hydrogen-bond donors (Lipinski definition) is 2. The van der Waals surface area contributed by atoms with Crippen LogP contribution in [0.5, 0.6) is 5.75 Å². The smallest absolute Gasteiger partial charge is 0.255 e. The first-order valence-corrected chi connectivity index (χ1v) is 6.95. The van der Waals surface area contributed by atoms with Crippen LogP contribution in [0.3, 0.4) is 0 Å². The molecule has 106 valence electrons. The average Bonchev–Trinajstić information content (AvgIpc) is 2.64. The third kappa shape index (κ3) is 2.85. The maximum atomic E-state index is 12.1. The van der Waals surface area contributed by atoms with Crippen molar-refractivity contribution in [3.63, 3.8) is 0 Å². The number of carbonyl (C=O) groups excluding carboxylic acids is 1. The van der Waals surface area contributed by atoms with Crippen molar-refractivity contribution in [3.05, 3.63) is 45.2 Å².